The molecule has 2 unspecified atom stereocenters. The Bertz CT molecular complexity index is 194. The molecule has 2 N–H and O–H groups in total. The van der Waals surface area contributed by atoms with E-state index < -0.39 is 22.2 Å². The molecule has 0 aromatic carbocycles. The molecule has 86 valence electrons. The van der Waals surface area contributed by atoms with Gasteiger partial charge in [0.25, 0.3) is 0 Å². The highest BCUT2D eigenvalue weighted by Gasteiger charge is 2.42. The lowest BCUT2D eigenvalue weighted by atomic mass is 10.3. The molecule has 0 aromatic heterocycles. The van der Waals surface area contributed by atoms with E-state index in [2.05, 4.69) is 0 Å². The van der Waals surface area contributed by atoms with Crippen molar-refractivity contribution in [1.82, 2.24) is 0 Å². The molecular weight excluding hydrogens is 215 g/mol. The second kappa shape index (κ2) is 5.70. The van der Waals surface area contributed by atoms with Gasteiger partial charge < -0.3 is 5.73 Å². The second-order valence-electron chi connectivity index (χ2n) is 3.55. The molecule has 0 radical (unpaired) electrons. The first-order chi connectivity index (χ1) is 6.29. The maximum atomic E-state index is 12.4. The predicted octanol–water partition coefficient (Wildman–Crippen LogP) is 1.67. The standard InChI is InChI=1S/C8H16F3NOS/c1-6(2)5-14(13)7(3-4-12)8(9,10)11/h6-7H,3-5,12H2,1-2H3. The van der Waals surface area contributed by atoms with Gasteiger partial charge in [-0.2, -0.15) is 13.2 Å². The maximum absolute atomic E-state index is 12.4. The summed E-state index contributed by atoms with van der Waals surface area (Å²) in [5.41, 5.74) is 5.06. The van der Waals surface area contributed by atoms with E-state index in [9.17, 15) is 17.4 Å². The van der Waals surface area contributed by atoms with Crippen LogP contribution in [0.15, 0.2) is 0 Å². The fourth-order valence-electron chi connectivity index (χ4n) is 1.04. The zero-order valence-electron chi connectivity index (χ0n) is 8.30. The summed E-state index contributed by atoms with van der Waals surface area (Å²) in [5, 5.41) is -1.77. The van der Waals surface area contributed by atoms with Crippen LogP contribution in [0.2, 0.25) is 0 Å². The van der Waals surface area contributed by atoms with Gasteiger partial charge in [0.2, 0.25) is 0 Å². The maximum Gasteiger partial charge on any atom is 0.403 e. The fourth-order valence-corrected chi connectivity index (χ4v) is 2.63. The summed E-state index contributed by atoms with van der Waals surface area (Å²) in [4.78, 5) is 0. The van der Waals surface area contributed by atoms with Crippen LogP contribution in [-0.4, -0.2) is 27.9 Å². The number of alkyl halides is 3. The van der Waals surface area contributed by atoms with Crippen molar-refractivity contribution in [3.8, 4) is 0 Å². The lowest BCUT2D eigenvalue weighted by molar-refractivity contribution is -0.130. The number of halogens is 3. The smallest absolute Gasteiger partial charge is 0.330 e. The van der Waals surface area contributed by atoms with Gasteiger partial charge in [0.1, 0.15) is 5.25 Å². The Morgan fingerprint density at radius 1 is 1.36 bits per heavy atom. The minimum absolute atomic E-state index is 0.00143. The highest BCUT2D eigenvalue weighted by Crippen LogP contribution is 2.27. The number of nitrogens with two attached hydrogens (primary N) is 1. The van der Waals surface area contributed by atoms with Gasteiger partial charge in [-0.3, -0.25) is 4.21 Å². The van der Waals surface area contributed by atoms with E-state index in [1.165, 1.54) is 0 Å². The van der Waals surface area contributed by atoms with Gasteiger partial charge in [-0.05, 0) is 18.9 Å². The molecule has 0 heterocycles. The van der Waals surface area contributed by atoms with E-state index in [4.69, 9.17) is 5.73 Å². The zero-order valence-corrected chi connectivity index (χ0v) is 9.12. The third kappa shape index (κ3) is 4.95. The monoisotopic (exact) mass is 231 g/mol. The molecule has 2 atom stereocenters. The van der Waals surface area contributed by atoms with Crippen molar-refractivity contribution in [3.63, 3.8) is 0 Å². The van der Waals surface area contributed by atoms with Gasteiger partial charge in [-0.25, -0.2) is 0 Å². The predicted molar refractivity (Wildman–Crippen MR) is 51.4 cm³/mol. The van der Waals surface area contributed by atoms with Crippen molar-refractivity contribution in [3.05, 3.63) is 0 Å². The molecule has 2 nitrogen and oxygen atoms in total. The molecular formula is C8H16F3NOS. The molecule has 0 aliphatic carbocycles. The van der Waals surface area contributed by atoms with E-state index in [0.29, 0.717) is 0 Å². The highest BCUT2D eigenvalue weighted by molar-refractivity contribution is 7.85. The molecule has 0 saturated heterocycles. The van der Waals surface area contributed by atoms with E-state index in [-0.39, 0.29) is 24.6 Å². The summed E-state index contributed by atoms with van der Waals surface area (Å²) in [6.07, 6.45) is -4.66. The van der Waals surface area contributed by atoms with Crippen LogP contribution in [0, 0.1) is 5.92 Å². The zero-order chi connectivity index (χ0) is 11.4. The second-order valence-corrected chi connectivity index (χ2v) is 5.21. The Labute approximate surface area is 84.5 Å². The summed E-state index contributed by atoms with van der Waals surface area (Å²) in [5.74, 6) is 0.0722. The third-order valence-electron chi connectivity index (χ3n) is 1.61. The molecule has 6 heteroatoms. The van der Waals surface area contributed by atoms with Crippen molar-refractivity contribution < 1.29 is 17.4 Å². The SMILES string of the molecule is CC(C)CS(=O)C(CCN)C(F)(F)F. The molecule has 0 amide bonds. The van der Waals surface area contributed by atoms with E-state index >= 15 is 0 Å². The first kappa shape index (κ1) is 13.9. The van der Waals surface area contributed by atoms with Gasteiger partial charge in [0, 0.05) is 16.6 Å². The van der Waals surface area contributed by atoms with Gasteiger partial charge in [0.15, 0.2) is 0 Å². The first-order valence-corrected chi connectivity index (χ1v) is 5.81. The Morgan fingerprint density at radius 2 is 1.86 bits per heavy atom. The van der Waals surface area contributed by atoms with Crippen LogP contribution in [-0.2, 0) is 10.8 Å². The molecule has 0 aliphatic rings. The minimum Gasteiger partial charge on any atom is -0.330 e. The summed E-state index contributed by atoms with van der Waals surface area (Å²) in [6, 6.07) is 0. The fraction of sp³-hybridized carbons (Fsp3) is 1.00. The lowest BCUT2D eigenvalue weighted by Crippen LogP contribution is -2.36. The van der Waals surface area contributed by atoms with E-state index in [1.807, 2.05) is 0 Å². The molecule has 0 aromatic rings. The Kier molecular flexibility index (Phi) is 5.66. The molecule has 0 rings (SSSR count). The average molecular weight is 231 g/mol. The third-order valence-corrected chi connectivity index (χ3v) is 3.74. The van der Waals surface area contributed by atoms with Gasteiger partial charge in [-0.1, -0.05) is 13.8 Å². The quantitative estimate of drug-likeness (QED) is 0.782. The van der Waals surface area contributed by atoms with E-state index in [1.54, 1.807) is 13.8 Å². The van der Waals surface area contributed by atoms with Crippen molar-refractivity contribution in [1.29, 1.82) is 0 Å². The molecule has 14 heavy (non-hydrogen) atoms. The van der Waals surface area contributed by atoms with E-state index in [0.717, 1.165) is 0 Å². The molecule has 0 saturated carbocycles. The minimum atomic E-state index is -4.40. The van der Waals surface area contributed by atoms with Gasteiger partial charge in [-0.15, -0.1) is 0 Å². The van der Waals surface area contributed by atoms with Crippen LogP contribution >= 0.6 is 0 Å². The van der Waals surface area contributed by atoms with Crippen LogP contribution in [0.25, 0.3) is 0 Å². The average Bonchev–Trinajstić information content (AvgIpc) is 1.96. The molecule has 0 aliphatic heterocycles. The largest absolute Gasteiger partial charge is 0.403 e. The molecule has 0 spiro atoms. The summed E-state index contributed by atoms with van der Waals surface area (Å²) in [6.45, 7) is 3.40. The normalized spacial score (nSPS) is 17.1. The van der Waals surface area contributed by atoms with Crippen LogP contribution in [0.3, 0.4) is 0 Å². The molecule has 0 bridgehead atoms. The number of hydrogen-bond acceptors (Lipinski definition) is 2. The summed E-state index contributed by atoms with van der Waals surface area (Å²) < 4.78 is 48.4. The Hall–Kier alpha value is -0.100. The first-order valence-electron chi connectivity index (χ1n) is 4.43. The number of rotatable bonds is 5. The number of hydrogen-bond donors (Lipinski definition) is 1. The summed E-state index contributed by atoms with van der Waals surface area (Å²) >= 11 is 0. The topological polar surface area (TPSA) is 43.1 Å². The van der Waals surface area contributed by atoms with Crippen molar-refractivity contribution >= 4 is 10.8 Å². The lowest BCUT2D eigenvalue weighted by Gasteiger charge is -2.19. The highest BCUT2D eigenvalue weighted by atomic mass is 32.2. The van der Waals surface area contributed by atoms with Crippen molar-refractivity contribution in [2.45, 2.75) is 31.7 Å². The van der Waals surface area contributed by atoms with Crippen molar-refractivity contribution in [2.75, 3.05) is 12.3 Å². The molecule has 0 fully saturated rings. The van der Waals surface area contributed by atoms with Gasteiger partial charge in [0.05, 0.1) is 0 Å². The van der Waals surface area contributed by atoms with Crippen molar-refractivity contribution in [2.24, 2.45) is 11.7 Å². The van der Waals surface area contributed by atoms with Crippen LogP contribution in [0.5, 0.6) is 0 Å². The Morgan fingerprint density at radius 3 is 2.14 bits per heavy atom. The van der Waals surface area contributed by atoms with Gasteiger partial charge >= 0.3 is 6.18 Å². The van der Waals surface area contributed by atoms with Crippen LogP contribution in [0.1, 0.15) is 20.3 Å². The summed E-state index contributed by atoms with van der Waals surface area (Å²) in [7, 11) is -1.86. The van der Waals surface area contributed by atoms with Crippen LogP contribution < -0.4 is 5.73 Å². The van der Waals surface area contributed by atoms with Crippen LogP contribution in [0.4, 0.5) is 13.2 Å². The Balaban J connectivity index is 4.42.